The van der Waals surface area contributed by atoms with E-state index in [2.05, 4.69) is 41.0 Å². The van der Waals surface area contributed by atoms with Gasteiger partial charge in [-0.15, -0.1) is 0 Å². The summed E-state index contributed by atoms with van der Waals surface area (Å²) in [6.07, 6.45) is 3.87. The number of hydrogen-bond donors (Lipinski definition) is 2. The molecule has 1 amide bonds. The lowest BCUT2D eigenvalue weighted by atomic mass is 9.98. The van der Waals surface area contributed by atoms with Gasteiger partial charge in [-0.25, -0.2) is 0 Å². The molecule has 0 radical (unpaired) electrons. The number of amides is 1. The first-order valence-corrected chi connectivity index (χ1v) is 8.46. The first-order valence-electron chi connectivity index (χ1n) is 8.46. The van der Waals surface area contributed by atoms with E-state index in [0.717, 1.165) is 49.9 Å². The summed E-state index contributed by atoms with van der Waals surface area (Å²) in [5, 5.41) is 6.52. The summed E-state index contributed by atoms with van der Waals surface area (Å²) in [7, 11) is 0. The smallest absolute Gasteiger partial charge is 0.251 e. The normalized spacial score (nSPS) is 15.3. The predicted octanol–water partition coefficient (Wildman–Crippen LogP) is 2.95. The number of aryl methyl sites for hydroxylation is 2. The molecule has 0 saturated carbocycles. The summed E-state index contributed by atoms with van der Waals surface area (Å²) in [6, 6.07) is 18.7. The highest BCUT2D eigenvalue weighted by Gasteiger charge is 2.18. The van der Waals surface area contributed by atoms with Crippen LogP contribution in [0.3, 0.4) is 0 Å². The van der Waals surface area contributed by atoms with Crippen LogP contribution in [0.2, 0.25) is 0 Å². The molecule has 0 unspecified atom stereocenters. The quantitative estimate of drug-likeness (QED) is 0.891. The van der Waals surface area contributed by atoms with Crippen molar-refractivity contribution in [2.24, 2.45) is 0 Å². The maximum atomic E-state index is 12.6. The average molecular weight is 308 g/mol. The van der Waals surface area contributed by atoms with E-state index in [1.165, 1.54) is 5.56 Å². The number of nitrogens with one attached hydrogen (secondary N) is 2. The van der Waals surface area contributed by atoms with Crippen LogP contribution >= 0.6 is 0 Å². The van der Waals surface area contributed by atoms with Gasteiger partial charge < -0.3 is 10.6 Å². The third kappa shape index (κ3) is 4.42. The molecular weight excluding hydrogens is 284 g/mol. The van der Waals surface area contributed by atoms with Crippen LogP contribution in [0.5, 0.6) is 0 Å². The van der Waals surface area contributed by atoms with Gasteiger partial charge in [0.05, 0.1) is 0 Å². The molecule has 2 N–H and O–H groups in total. The molecule has 1 fully saturated rings. The van der Waals surface area contributed by atoms with Crippen LogP contribution in [0.25, 0.3) is 0 Å². The molecule has 120 valence electrons. The van der Waals surface area contributed by atoms with Gasteiger partial charge in [0.25, 0.3) is 5.91 Å². The van der Waals surface area contributed by atoms with Crippen LogP contribution in [-0.2, 0) is 12.8 Å². The van der Waals surface area contributed by atoms with E-state index in [-0.39, 0.29) is 5.91 Å². The van der Waals surface area contributed by atoms with Gasteiger partial charge in [-0.3, -0.25) is 4.79 Å². The minimum atomic E-state index is 0.0700. The van der Waals surface area contributed by atoms with Gasteiger partial charge in [0.1, 0.15) is 0 Å². The molecule has 1 heterocycles. The highest BCUT2D eigenvalue weighted by molar-refractivity contribution is 5.95. The van der Waals surface area contributed by atoms with Crippen molar-refractivity contribution in [1.82, 2.24) is 10.6 Å². The van der Waals surface area contributed by atoms with Gasteiger partial charge in [-0.05, 0) is 56.0 Å². The molecule has 1 saturated heterocycles. The number of carbonyl (C=O) groups excluding carboxylic acids is 1. The molecule has 23 heavy (non-hydrogen) atoms. The zero-order valence-electron chi connectivity index (χ0n) is 13.4. The molecule has 3 rings (SSSR count). The molecular formula is C20H24N2O. The lowest BCUT2D eigenvalue weighted by Crippen LogP contribution is -2.42. The second-order valence-corrected chi connectivity index (χ2v) is 6.14. The van der Waals surface area contributed by atoms with Gasteiger partial charge in [-0.1, -0.05) is 48.5 Å². The number of rotatable bonds is 5. The molecule has 2 aromatic carbocycles. The highest BCUT2D eigenvalue weighted by Crippen LogP contribution is 2.14. The maximum absolute atomic E-state index is 12.6. The Balaban J connectivity index is 1.65. The molecule has 0 aliphatic carbocycles. The summed E-state index contributed by atoms with van der Waals surface area (Å²) in [5.41, 5.74) is 3.26. The Kier molecular flexibility index (Phi) is 5.43. The Bertz CT molecular complexity index is 633. The summed E-state index contributed by atoms with van der Waals surface area (Å²) in [5.74, 6) is 0.0700. The van der Waals surface area contributed by atoms with E-state index >= 15 is 0 Å². The first-order chi connectivity index (χ1) is 11.3. The largest absolute Gasteiger partial charge is 0.349 e. The van der Waals surface area contributed by atoms with Crippen molar-refractivity contribution in [2.75, 3.05) is 13.1 Å². The standard InChI is InChI=1S/C20H24N2O/c23-20(22-18-12-14-21-15-13-18)19-9-5-4-8-17(19)11-10-16-6-2-1-3-7-16/h1-9,18,21H,10-15H2,(H,22,23). The van der Waals surface area contributed by atoms with Gasteiger partial charge in [0, 0.05) is 11.6 Å². The number of hydrogen-bond acceptors (Lipinski definition) is 2. The van der Waals surface area contributed by atoms with E-state index in [1.54, 1.807) is 0 Å². The minimum Gasteiger partial charge on any atom is -0.349 e. The van der Waals surface area contributed by atoms with E-state index in [9.17, 15) is 4.79 Å². The molecule has 0 atom stereocenters. The lowest BCUT2D eigenvalue weighted by Gasteiger charge is -2.24. The molecule has 3 heteroatoms. The Morgan fingerprint density at radius 1 is 0.957 bits per heavy atom. The van der Waals surface area contributed by atoms with Crippen molar-refractivity contribution in [3.8, 4) is 0 Å². The third-order valence-corrected chi connectivity index (χ3v) is 4.46. The fourth-order valence-electron chi connectivity index (χ4n) is 3.11. The fourth-order valence-corrected chi connectivity index (χ4v) is 3.11. The fraction of sp³-hybridized carbons (Fsp3) is 0.350. The molecule has 3 nitrogen and oxygen atoms in total. The van der Waals surface area contributed by atoms with E-state index in [1.807, 2.05) is 24.3 Å². The second kappa shape index (κ2) is 7.93. The molecule has 1 aliphatic heterocycles. The van der Waals surface area contributed by atoms with Crippen LogP contribution in [-0.4, -0.2) is 25.0 Å². The van der Waals surface area contributed by atoms with Crippen molar-refractivity contribution >= 4 is 5.91 Å². The SMILES string of the molecule is O=C(NC1CCNCC1)c1ccccc1CCc1ccccc1. The first kappa shape index (κ1) is 15.8. The van der Waals surface area contributed by atoms with Crippen molar-refractivity contribution in [3.63, 3.8) is 0 Å². The van der Waals surface area contributed by atoms with Crippen LogP contribution in [0.1, 0.15) is 34.3 Å². The predicted molar refractivity (Wildman–Crippen MR) is 93.6 cm³/mol. The average Bonchev–Trinajstić information content (AvgIpc) is 2.62. The molecule has 0 aromatic heterocycles. The van der Waals surface area contributed by atoms with Crippen LogP contribution < -0.4 is 10.6 Å². The van der Waals surface area contributed by atoms with Crippen molar-refractivity contribution in [3.05, 3.63) is 71.3 Å². The Morgan fingerprint density at radius 3 is 2.43 bits per heavy atom. The van der Waals surface area contributed by atoms with Crippen molar-refractivity contribution in [2.45, 2.75) is 31.7 Å². The molecule has 2 aromatic rings. The number of carbonyl (C=O) groups is 1. The van der Waals surface area contributed by atoms with Gasteiger partial charge >= 0.3 is 0 Å². The van der Waals surface area contributed by atoms with Gasteiger partial charge in [0.2, 0.25) is 0 Å². The second-order valence-electron chi connectivity index (χ2n) is 6.14. The maximum Gasteiger partial charge on any atom is 0.251 e. The van der Waals surface area contributed by atoms with Crippen LogP contribution in [0.4, 0.5) is 0 Å². The minimum absolute atomic E-state index is 0.0700. The topological polar surface area (TPSA) is 41.1 Å². The lowest BCUT2D eigenvalue weighted by molar-refractivity contribution is 0.0928. The molecule has 0 bridgehead atoms. The van der Waals surface area contributed by atoms with E-state index < -0.39 is 0 Å². The van der Waals surface area contributed by atoms with Gasteiger partial charge in [-0.2, -0.15) is 0 Å². The third-order valence-electron chi connectivity index (χ3n) is 4.46. The van der Waals surface area contributed by atoms with Gasteiger partial charge in [0.15, 0.2) is 0 Å². The molecule has 0 spiro atoms. The summed E-state index contributed by atoms with van der Waals surface area (Å²) >= 11 is 0. The molecule has 1 aliphatic rings. The van der Waals surface area contributed by atoms with Crippen LogP contribution in [0, 0.1) is 0 Å². The highest BCUT2D eigenvalue weighted by atomic mass is 16.1. The summed E-state index contributed by atoms with van der Waals surface area (Å²) in [6.45, 7) is 1.97. The summed E-state index contributed by atoms with van der Waals surface area (Å²) in [4.78, 5) is 12.6. The zero-order valence-corrected chi connectivity index (χ0v) is 13.4. The summed E-state index contributed by atoms with van der Waals surface area (Å²) < 4.78 is 0. The van der Waals surface area contributed by atoms with Crippen molar-refractivity contribution < 1.29 is 4.79 Å². The Labute approximate surface area is 138 Å². The Morgan fingerprint density at radius 2 is 1.65 bits per heavy atom. The monoisotopic (exact) mass is 308 g/mol. The number of benzene rings is 2. The van der Waals surface area contributed by atoms with E-state index in [0.29, 0.717) is 6.04 Å². The van der Waals surface area contributed by atoms with Crippen molar-refractivity contribution in [1.29, 1.82) is 0 Å². The van der Waals surface area contributed by atoms with Crippen LogP contribution in [0.15, 0.2) is 54.6 Å². The van der Waals surface area contributed by atoms with E-state index in [4.69, 9.17) is 0 Å². The number of piperidine rings is 1. The zero-order chi connectivity index (χ0) is 15.9. The Hall–Kier alpha value is -2.13.